The van der Waals surface area contributed by atoms with Crippen LogP contribution in [0, 0.1) is 11.7 Å². The molecule has 0 saturated heterocycles. The molecule has 0 bridgehead atoms. The number of hydrogen-bond acceptors (Lipinski definition) is 2. The van der Waals surface area contributed by atoms with E-state index in [1.165, 1.54) is 18.2 Å². The Morgan fingerprint density at radius 3 is 2.61 bits per heavy atom. The van der Waals surface area contributed by atoms with Crippen molar-refractivity contribution >= 4 is 11.6 Å². The first-order chi connectivity index (χ1) is 11.1. The van der Waals surface area contributed by atoms with E-state index < -0.39 is 5.82 Å². The summed E-state index contributed by atoms with van der Waals surface area (Å²) in [7, 11) is 1.56. The van der Waals surface area contributed by atoms with Gasteiger partial charge in [0.25, 0.3) is 5.91 Å². The molecule has 118 valence electrons. The van der Waals surface area contributed by atoms with Gasteiger partial charge in [0.05, 0.1) is 12.8 Å². The molecule has 23 heavy (non-hydrogen) atoms. The molecular formula is C19H18FNO2. The Morgan fingerprint density at radius 1 is 1.22 bits per heavy atom. The Balaban J connectivity index is 2.05. The number of amides is 1. The van der Waals surface area contributed by atoms with Crippen LogP contribution in [0.2, 0.25) is 0 Å². The number of benzene rings is 2. The molecule has 1 aliphatic rings. The number of ether oxygens (including phenoxy) is 1. The van der Waals surface area contributed by atoms with Crippen LogP contribution in [-0.2, 0) is 0 Å². The van der Waals surface area contributed by atoms with Crippen molar-refractivity contribution in [3.8, 4) is 5.75 Å². The Morgan fingerprint density at radius 2 is 1.96 bits per heavy atom. The largest absolute Gasteiger partial charge is 0.495 e. The van der Waals surface area contributed by atoms with Gasteiger partial charge in [-0.05, 0) is 49.1 Å². The van der Waals surface area contributed by atoms with Crippen LogP contribution in [0.5, 0.6) is 5.75 Å². The van der Waals surface area contributed by atoms with Crippen LogP contribution in [0.25, 0.3) is 0 Å². The highest BCUT2D eigenvalue weighted by Gasteiger charge is 2.33. The molecule has 0 spiro atoms. The van der Waals surface area contributed by atoms with E-state index in [9.17, 15) is 9.18 Å². The first kappa shape index (κ1) is 15.3. The van der Waals surface area contributed by atoms with Gasteiger partial charge in [0.2, 0.25) is 0 Å². The Hall–Kier alpha value is -2.62. The molecule has 0 radical (unpaired) electrons. The van der Waals surface area contributed by atoms with Gasteiger partial charge in [-0.15, -0.1) is 0 Å². The van der Waals surface area contributed by atoms with Crippen molar-refractivity contribution in [2.45, 2.75) is 12.8 Å². The maximum atomic E-state index is 13.5. The second kappa shape index (κ2) is 6.24. The zero-order valence-corrected chi connectivity index (χ0v) is 13.0. The lowest BCUT2D eigenvalue weighted by Crippen LogP contribution is -2.31. The fourth-order valence-corrected chi connectivity index (χ4v) is 2.56. The third-order valence-electron chi connectivity index (χ3n) is 3.94. The number of nitrogens with zero attached hydrogens (tertiary/aromatic N) is 1. The van der Waals surface area contributed by atoms with Gasteiger partial charge in [0.15, 0.2) is 0 Å². The number of anilines is 1. The molecule has 1 aliphatic carbocycles. The fourth-order valence-electron chi connectivity index (χ4n) is 2.56. The molecule has 2 aromatic carbocycles. The normalized spacial score (nSPS) is 13.5. The van der Waals surface area contributed by atoms with Crippen LogP contribution in [0.3, 0.4) is 0 Å². The van der Waals surface area contributed by atoms with Crippen LogP contribution in [0.1, 0.15) is 23.2 Å². The molecule has 0 heterocycles. The van der Waals surface area contributed by atoms with Gasteiger partial charge in [-0.25, -0.2) is 4.39 Å². The summed E-state index contributed by atoms with van der Waals surface area (Å²) in [4.78, 5) is 14.5. The first-order valence-electron chi connectivity index (χ1n) is 7.53. The molecular weight excluding hydrogens is 293 g/mol. The third kappa shape index (κ3) is 3.11. The number of carbonyl (C=O) groups excluding carboxylic acids is 1. The lowest BCUT2D eigenvalue weighted by molar-refractivity contribution is 0.0992. The molecule has 0 N–H and O–H groups in total. The minimum Gasteiger partial charge on any atom is -0.495 e. The summed E-state index contributed by atoms with van der Waals surface area (Å²) in [5.74, 6) is 0.134. The van der Waals surface area contributed by atoms with E-state index in [2.05, 4.69) is 6.58 Å². The number of allylic oxidation sites excluding steroid dienone is 1. The van der Waals surface area contributed by atoms with Crippen molar-refractivity contribution in [1.29, 1.82) is 0 Å². The molecule has 0 unspecified atom stereocenters. The second-order valence-electron chi connectivity index (χ2n) is 5.59. The van der Waals surface area contributed by atoms with E-state index in [1.807, 2.05) is 18.2 Å². The Kier molecular flexibility index (Phi) is 4.15. The van der Waals surface area contributed by atoms with E-state index >= 15 is 0 Å². The van der Waals surface area contributed by atoms with Crippen LogP contribution in [-0.4, -0.2) is 13.0 Å². The molecule has 0 aliphatic heterocycles. The first-order valence-corrected chi connectivity index (χ1v) is 7.53. The standard InChI is InChI=1S/C19H18FNO2/c1-13(14-10-11-14)21(17-8-3-4-9-18(17)23-2)19(22)15-6-5-7-16(20)12-15/h3-9,12,14H,1,10-11H2,2H3. The highest BCUT2D eigenvalue weighted by atomic mass is 19.1. The summed E-state index contributed by atoms with van der Waals surface area (Å²) in [6.45, 7) is 4.09. The monoisotopic (exact) mass is 311 g/mol. The minimum atomic E-state index is -0.437. The van der Waals surface area contributed by atoms with Crippen molar-refractivity contribution in [1.82, 2.24) is 0 Å². The molecule has 3 nitrogen and oxygen atoms in total. The molecule has 4 heteroatoms. The summed E-state index contributed by atoms with van der Waals surface area (Å²) in [5, 5.41) is 0. The summed E-state index contributed by atoms with van der Waals surface area (Å²) < 4.78 is 18.9. The smallest absolute Gasteiger partial charge is 0.262 e. The molecule has 0 aromatic heterocycles. The third-order valence-corrected chi connectivity index (χ3v) is 3.94. The molecule has 1 saturated carbocycles. The summed E-state index contributed by atoms with van der Waals surface area (Å²) >= 11 is 0. The maximum absolute atomic E-state index is 13.5. The highest BCUT2D eigenvalue weighted by molar-refractivity contribution is 6.09. The number of hydrogen-bond donors (Lipinski definition) is 0. The molecule has 1 amide bonds. The van der Waals surface area contributed by atoms with Gasteiger partial charge in [-0.2, -0.15) is 0 Å². The summed E-state index contributed by atoms with van der Waals surface area (Å²) in [6, 6.07) is 13.0. The van der Waals surface area contributed by atoms with E-state index in [1.54, 1.807) is 24.1 Å². The van der Waals surface area contributed by atoms with E-state index in [-0.39, 0.29) is 17.4 Å². The van der Waals surface area contributed by atoms with Crippen LogP contribution in [0.4, 0.5) is 10.1 Å². The fraction of sp³-hybridized carbons (Fsp3) is 0.211. The Labute approximate surface area is 135 Å². The predicted molar refractivity (Wildman–Crippen MR) is 88.1 cm³/mol. The van der Waals surface area contributed by atoms with Gasteiger partial charge < -0.3 is 4.74 Å². The van der Waals surface area contributed by atoms with Gasteiger partial charge in [-0.3, -0.25) is 9.69 Å². The number of rotatable bonds is 5. The zero-order chi connectivity index (χ0) is 16.4. The number of carbonyl (C=O) groups is 1. The van der Waals surface area contributed by atoms with Crippen molar-refractivity contribution < 1.29 is 13.9 Å². The summed E-state index contributed by atoms with van der Waals surface area (Å²) in [6.07, 6.45) is 2.03. The second-order valence-corrected chi connectivity index (χ2v) is 5.59. The minimum absolute atomic E-state index is 0.289. The average Bonchev–Trinajstić information content (AvgIpc) is 3.40. The van der Waals surface area contributed by atoms with Crippen LogP contribution in [0.15, 0.2) is 60.8 Å². The number of para-hydroxylation sites is 2. The van der Waals surface area contributed by atoms with E-state index in [0.29, 0.717) is 11.4 Å². The van der Waals surface area contributed by atoms with Gasteiger partial charge in [0, 0.05) is 11.3 Å². The molecule has 3 rings (SSSR count). The predicted octanol–water partition coefficient (Wildman–Crippen LogP) is 4.40. The maximum Gasteiger partial charge on any atom is 0.262 e. The SMILES string of the molecule is C=C(C1CC1)N(C(=O)c1cccc(F)c1)c1ccccc1OC. The van der Waals surface area contributed by atoms with Crippen molar-refractivity contribution in [3.63, 3.8) is 0 Å². The average molecular weight is 311 g/mol. The van der Waals surface area contributed by atoms with Crippen LogP contribution >= 0.6 is 0 Å². The topological polar surface area (TPSA) is 29.5 Å². The Bertz CT molecular complexity index is 753. The van der Waals surface area contributed by atoms with E-state index in [4.69, 9.17) is 4.74 Å². The lowest BCUT2D eigenvalue weighted by Gasteiger charge is -2.26. The van der Waals surface area contributed by atoms with Crippen LogP contribution < -0.4 is 9.64 Å². The quantitative estimate of drug-likeness (QED) is 0.819. The van der Waals surface area contributed by atoms with Crippen molar-refractivity contribution in [2.75, 3.05) is 12.0 Å². The zero-order valence-electron chi connectivity index (χ0n) is 13.0. The number of halogens is 1. The number of methoxy groups -OCH3 is 1. The molecule has 2 aromatic rings. The van der Waals surface area contributed by atoms with Gasteiger partial charge in [0.1, 0.15) is 11.6 Å². The summed E-state index contributed by atoms with van der Waals surface area (Å²) in [5.41, 5.74) is 1.64. The van der Waals surface area contributed by atoms with Crippen molar-refractivity contribution in [2.24, 2.45) is 5.92 Å². The highest BCUT2D eigenvalue weighted by Crippen LogP contribution is 2.41. The van der Waals surface area contributed by atoms with Crippen molar-refractivity contribution in [3.05, 3.63) is 72.2 Å². The van der Waals surface area contributed by atoms with Gasteiger partial charge >= 0.3 is 0 Å². The lowest BCUT2D eigenvalue weighted by atomic mass is 10.1. The molecule has 0 atom stereocenters. The van der Waals surface area contributed by atoms with E-state index in [0.717, 1.165) is 18.5 Å². The van der Waals surface area contributed by atoms with Gasteiger partial charge in [-0.1, -0.05) is 24.8 Å². The molecule has 1 fully saturated rings.